The molecule has 12 heteroatoms. The SMILES string of the molecule is COc1ccc([Si](C)(C)[C@@H]2[C@@H](CCn3cc(C(CO)c4ccccc4)nn3)O[C@]3(C(=O)N(Cc4ccc(N5C(=O)c6cccc7cccc5c67)cc4)c4ccc(Cl)cc43)[C@H]2C)cc1. The van der Waals surface area contributed by atoms with E-state index in [9.17, 15) is 9.90 Å². The van der Waals surface area contributed by atoms with E-state index >= 15 is 4.79 Å². The molecule has 0 radical (unpaired) electrons. The molecule has 4 heterocycles. The molecular weight excluding hydrogens is 826 g/mol. The maximum atomic E-state index is 15.5. The number of aliphatic hydroxyl groups is 1. The number of rotatable bonds is 12. The smallest absolute Gasteiger partial charge is 0.264 e. The Kier molecular flexibility index (Phi) is 10.3. The summed E-state index contributed by atoms with van der Waals surface area (Å²) in [5.41, 5.74) is 5.17. The summed E-state index contributed by atoms with van der Waals surface area (Å²) in [5, 5.41) is 23.1. The van der Waals surface area contributed by atoms with Crippen LogP contribution in [0.5, 0.6) is 5.75 Å². The maximum Gasteiger partial charge on any atom is 0.264 e. The highest BCUT2D eigenvalue weighted by Crippen LogP contribution is 2.60. The second-order valence-corrected chi connectivity index (χ2v) is 22.7. The third-order valence-electron chi connectivity index (χ3n) is 13.8. The number of carbonyl (C=O) groups is 2. The van der Waals surface area contributed by atoms with E-state index < -0.39 is 13.7 Å². The van der Waals surface area contributed by atoms with Gasteiger partial charge in [0.1, 0.15) is 5.75 Å². The van der Waals surface area contributed by atoms with Crippen molar-refractivity contribution in [2.24, 2.45) is 5.92 Å². The van der Waals surface area contributed by atoms with Gasteiger partial charge in [-0.2, -0.15) is 0 Å². The van der Waals surface area contributed by atoms with Crippen LogP contribution < -0.4 is 19.7 Å². The normalized spacial score (nSPS) is 20.9. The van der Waals surface area contributed by atoms with E-state index in [4.69, 9.17) is 21.1 Å². The molecule has 0 saturated carbocycles. The van der Waals surface area contributed by atoms with Crippen LogP contribution >= 0.6 is 11.6 Å². The number of anilines is 3. The summed E-state index contributed by atoms with van der Waals surface area (Å²) in [6.45, 7) is 7.63. The van der Waals surface area contributed by atoms with Crippen LogP contribution in [0.2, 0.25) is 23.7 Å². The third-order valence-corrected chi connectivity index (χ3v) is 18.4. The number of halogens is 1. The highest BCUT2D eigenvalue weighted by Gasteiger charge is 2.66. The molecule has 0 bridgehead atoms. The minimum absolute atomic E-state index is 0.00462. The number of aromatic nitrogens is 3. The van der Waals surface area contributed by atoms with Gasteiger partial charge in [-0.25, -0.2) is 0 Å². The zero-order valence-corrected chi connectivity index (χ0v) is 37.4. The molecule has 1 saturated heterocycles. The Bertz CT molecular complexity index is 2870. The minimum Gasteiger partial charge on any atom is -0.497 e. The van der Waals surface area contributed by atoms with Gasteiger partial charge in [0, 0.05) is 40.3 Å². The van der Waals surface area contributed by atoms with E-state index in [1.54, 1.807) is 12.0 Å². The fraction of sp³-hybridized carbons (Fsp3) is 0.255. The molecule has 5 atom stereocenters. The summed E-state index contributed by atoms with van der Waals surface area (Å²) in [7, 11) is -0.752. The molecule has 1 spiro atoms. The highest BCUT2D eigenvalue weighted by molar-refractivity contribution is 6.91. The van der Waals surface area contributed by atoms with Crippen LogP contribution in [-0.4, -0.2) is 59.8 Å². The molecule has 1 aromatic heterocycles. The lowest BCUT2D eigenvalue weighted by Crippen LogP contribution is -2.51. The van der Waals surface area contributed by atoms with E-state index in [0.29, 0.717) is 35.8 Å². The van der Waals surface area contributed by atoms with Crippen molar-refractivity contribution in [2.45, 2.75) is 62.7 Å². The number of aryl methyl sites for hydroxylation is 1. The molecule has 3 aliphatic rings. The largest absolute Gasteiger partial charge is 0.497 e. The molecule has 1 N–H and O–H groups in total. The van der Waals surface area contributed by atoms with Crippen molar-refractivity contribution in [2.75, 3.05) is 23.5 Å². The number of nitrogens with zero attached hydrogens (tertiary/aromatic N) is 5. The summed E-state index contributed by atoms with van der Waals surface area (Å²) in [6, 6.07) is 43.6. The molecule has 0 aliphatic carbocycles. The average molecular weight is 875 g/mol. The number of amides is 2. The number of benzene rings is 6. The van der Waals surface area contributed by atoms with Crippen molar-refractivity contribution in [3.63, 3.8) is 0 Å². The molecule has 7 aromatic rings. The topological polar surface area (TPSA) is 110 Å². The minimum atomic E-state index is -2.42. The lowest BCUT2D eigenvalue weighted by Gasteiger charge is -2.37. The van der Waals surface area contributed by atoms with E-state index in [0.717, 1.165) is 50.3 Å². The maximum absolute atomic E-state index is 15.5. The molecule has 10 rings (SSSR count). The van der Waals surface area contributed by atoms with Gasteiger partial charge in [0.05, 0.1) is 63.0 Å². The molecule has 63 heavy (non-hydrogen) atoms. The molecule has 1 unspecified atom stereocenters. The molecule has 318 valence electrons. The van der Waals surface area contributed by atoms with Crippen LogP contribution in [-0.2, 0) is 28.2 Å². The van der Waals surface area contributed by atoms with Crippen LogP contribution in [0.3, 0.4) is 0 Å². The van der Waals surface area contributed by atoms with Crippen molar-refractivity contribution >= 4 is 64.5 Å². The van der Waals surface area contributed by atoms with Gasteiger partial charge < -0.3 is 19.5 Å². The summed E-state index contributed by atoms with van der Waals surface area (Å²) < 4.78 is 14.7. The van der Waals surface area contributed by atoms with Gasteiger partial charge >= 0.3 is 0 Å². The summed E-state index contributed by atoms with van der Waals surface area (Å²) in [6.07, 6.45) is 2.17. The predicted molar refractivity (Wildman–Crippen MR) is 249 cm³/mol. The Morgan fingerprint density at radius 2 is 1.63 bits per heavy atom. The third kappa shape index (κ3) is 6.68. The number of carbonyl (C=O) groups excluding carboxylic acids is 2. The van der Waals surface area contributed by atoms with Crippen LogP contribution in [0.1, 0.15) is 52.0 Å². The Labute approximate surface area is 372 Å². The first-order chi connectivity index (χ1) is 30.5. The monoisotopic (exact) mass is 873 g/mol. The number of hydrogen-bond donors (Lipinski definition) is 1. The van der Waals surface area contributed by atoms with E-state index in [1.807, 2.05) is 137 Å². The zero-order chi connectivity index (χ0) is 43.6. The standard InChI is InChI=1S/C51H48ClN5O5Si/c1-32-48(63(3,4)39-23-21-38(61-2)22-24-39)46(26-27-55-30-43(53-54-55)41(31-58)34-10-6-5-7-11-34)62-51(32)42-28-36(52)18-25-44(42)56(50(51)60)29-33-16-19-37(20-17-33)57-45-15-9-13-35-12-8-14-40(47(35)45)49(57)59/h5-25,28,30,32,41,46,48,58H,26-27,29,31H2,1-4H3/t32-,41?,46+,48-,51+/m0/s1. The quantitative estimate of drug-likeness (QED) is 0.122. The first kappa shape index (κ1) is 40.9. The van der Waals surface area contributed by atoms with E-state index in [-0.39, 0.29) is 41.9 Å². The van der Waals surface area contributed by atoms with Crippen LogP contribution in [0.15, 0.2) is 140 Å². The molecule has 2 amide bonds. The van der Waals surface area contributed by atoms with Crippen molar-refractivity contribution in [1.29, 1.82) is 0 Å². The molecule has 10 nitrogen and oxygen atoms in total. The Morgan fingerprint density at radius 1 is 0.889 bits per heavy atom. The van der Waals surface area contributed by atoms with Crippen LogP contribution in [0.25, 0.3) is 10.8 Å². The first-order valence-electron chi connectivity index (χ1n) is 21.5. The van der Waals surface area contributed by atoms with Gasteiger partial charge in [-0.05, 0) is 83.1 Å². The first-order valence-corrected chi connectivity index (χ1v) is 24.9. The molecular formula is C51H48ClN5O5Si. The fourth-order valence-electron chi connectivity index (χ4n) is 10.7. The summed E-state index contributed by atoms with van der Waals surface area (Å²) >= 11 is 6.80. The Balaban J connectivity index is 0.972. The average Bonchev–Trinajstić information content (AvgIpc) is 4.03. The second-order valence-electron chi connectivity index (χ2n) is 17.5. The Morgan fingerprint density at radius 3 is 2.37 bits per heavy atom. The molecule has 1 fully saturated rings. The van der Waals surface area contributed by atoms with Crippen LogP contribution in [0, 0.1) is 5.92 Å². The highest BCUT2D eigenvalue weighted by atomic mass is 35.5. The fourth-order valence-corrected chi connectivity index (χ4v) is 14.9. The van der Waals surface area contributed by atoms with E-state index in [1.165, 1.54) is 5.19 Å². The lowest BCUT2D eigenvalue weighted by atomic mass is 9.82. The number of hydrogen-bond acceptors (Lipinski definition) is 7. The van der Waals surface area contributed by atoms with Crippen molar-refractivity contribution in [3.8, 4) is 5.75 Å². The van der Waals surface area contributed by atoms with Gasteiger partial charge in [0.15, 0.2) is 5.60 Å². The number of aliphatic hydroxyl groups excluding tert-OH is 1. The van der Waals surface area contributed by atoms with Gasteiger partial charge in [0.25, 0.3) is 11.8 Å². The van der Waals surface area contributed by atoms with Crippen molar-refractivity contribution < 1.29 is 24.2 Å². The van der Waals surface area contributed by atoms with Crippen LogP contribution in [0.4, 0.5) is 17.1 Å². The van der Waals surface area contributed by atoms with E-state index in [2.05, 4.69) is 42.5 Å². The second kappa shape index (κ2) is 15.9. The number of fused-ring (bicyclic) bond motifs is 2. The molecule has 6 aromatic carbocycles. The Hall–Kier alpha value is -6.11. The van der Waals surface area contributed by atoms with Gasteiger partial charge in [-0.1, -0.05) is 121 Å². The van der Waals surface area contributed by atoms with Gasteiger partial charge in [-0.15, -0.1) is 5.10 Å². The lowest BCUT2D eigenvalue weighted by molar-refractivity contribution is -0.146. The van der Waals surface area contributed by atoms with Gasteiger partial charge in [0.2, 0.25) is 0 Å². The zero-order valence-electron chi connectivity index (χ0n) is 35.6. The number of ether oxygens (including phenoxy) is 2. The summed E-state index contributed by atoms with van der Waals surface area (Å²) in [5.74, 6) is 0.0995. The van der Waals surface area contributed by atoms with Crippen molar-refractivity contribution in [3.05, 3.63) is 173 Å². The van der Waals surface area contributed by atoms with Gasteiger partial charge in [-0.3, -0.25) is 19.2 Å². The van der Waals surface area contributed by atoms with Crippen molar-refractivity contribution in [1.82, 2.24) is 15.0 Å². The predicted octanol–water partition coefficient (Wildman–Crippen LogP) is 9.36. The summed E-state index contributed by atoms with van der Waals surface area (Å²) in [4.78, 5) is 32.8. The number of methoxy groups -OCH3 is 1. The molecule has 3 aliphatic heterocycles.